The van der Waals surface area contributed by atoms with Crippen molar-refractivity contribution in [2.75, 3.05) is 13.1 Å². The van der Waals surface area contributed by atoms with E-state index in [1.54, 1.807) is 0 Å². The second kappa shape index (κ2) is 15.2. The van der Waals surface area contributed by atoms with E-state index in [2.05, 4.69) is 34.7 Å². The molecule has 3 heteroatoms. The summed E-state index contributed by atoms with van der Waals surface area (Å²) in [5.41, 5.74) is 0.810. The van der Waals surface area contributed by atoms with Crippen LogP contribution < -0.4 is 0 Å². The zero-order chi connectivity index (χ0) is 19.0. The first-order valence-corrected chi connectivity index (χ1v) is 11.5. The maximum absolute atomic E-state index is 12.9. The summed E-state index contributed by atoms with van der Waals surface area (Å²) in [6, 6.07) is 7.78. The Morgan fingerprint density at radius 3 is 1.62 bits per heavy atom. The minimum Gasteiger partial charge on any atom is -0.339 e. The molecule has 1 amide bonds. The second-order valence-electron chi connectivity index (χ2n) is 7.33. The zero-order valence-electron chi connectivity index (χ0n) is 16.9. The van der Waals surface area contributed by atoms with Crippen LogP contribution in [0.2, 0.25) is 0 Å². The van der Waals surface area contributed by atoms with Gasteiger partial charge in [-0.05, 0) is 37.1 Å². The predicted octanol–water partition coefficient (Wildman–Crippen LogP) is 7.61. The molecule has 1 aromatic rings. The van der Waals surface area contributed by atoms with Crippen molar-refractivity contribution in [2.45, 2.75) is 90.9 Å². The van der Waals surface area contributed by atoms with E-state index < -0.39 is 0 Å². The van der Waals surface area contributed by atoms with E-state index in [-0.39, 0.29) is 5.91 Å². The average Bonchev–Trinajstić information content (AvgIpc) is 2.65. The van der Waals surface area contributed by atoms with Gasteiger partial charge in [0.1, 0.15) is 0 Å². The third-order valence-electron chi connectivity index (χ3n) is 4.94. The lowest BCUT2D eigenvalue weighted by molar-refractivity contribution is 0.0749. The van der Waals surface area contributed by atoms with Gasteiger partial charge in [0.2, 0.25) is 0 Å². The second-order valence-corrected chi connectivity index (χ2v) is 8.25. The molecular weight excluding hydrogens is 386 g/mol. The van der Waals surface area contributed by atoms with Crippen LogP contribution in [0.15, 0.2) is 28.7 Å². The summed E-state index contributed by atoms with van der Waals surface area (Å²) in [5, 5.41) is 0. The average molecular weight is 424 g/mol. The number of hydrogen-bond donors (Lipinski definition) is 0. The topological polar surface area (TPSA) is 20.3 Å². The van der Waals surface area contributed by atoms with Crippen LogP contribution in [0.3, 0.4) is 0 Å². The first kappa shape index (κ1) is 23.2. The number of carbonyl (C=O) groups is 1. The quantitative estimate of drug-likeness (QED) is 0.265. The van der Waals surface area contributed by atoms with E-state index in [1.807, 2.05) is 24.3 Å². The molecule has 2 nitrogen and oxygen atoms in total. The van der Waals surface area contributed by atoms with Crippen molar-refractivity contribution in [1.82, 2.24) is 4.90 Å². The van der Waals surface area contributed by atoms with Crippen LogP contribution in [0.4, 0.5) is 0 Å². The van der Waals surface area contributed by atoms with Crippen LogP contribution in [0, 0.1) is 0 Å². The maximum Gasteiger partial charge on any atom is 0.253 e. The largest absolute Gasteiger partial charge is 0.339 e. The smallest absolute Gasteiger partial charge is 0.253 e. The van der Waals surface area contributed by atoms with Crippen molar-refractivity contribution in [3.63, 3.8) is 0 Å². The van der Waals surface area contributed by atoms with Crippen molar-refractivity contribution in [3.05, 3.63) is 34.3 Å². The minimum atomic E-state index is 0.194. The van der Waals surface area contributed by atoms with Gasteiger partial charge in [-0.2, -0.15) is 0 Å². The monoisotopic (exact) mass is 423 g/mol. The number of carbonyl (C=O) groups excluding carboxylic acids is 1. The van der Waals surface area contributed by atoms with E-state index in [0.29, 0.717) is 0 Å². The molecule has 26 heavy (non-hydrogen) atoms. The first-order valence-electron chi connectivity index (χ1n) is 10.7. The lowest BCUT2D eigenvalue weighted by Gasteiger charge is -2.23. The van der Waals surface area contributed by atoms with Crippen molar-refractivity contribution >= 4 is 21.8 Å². The summed E-state index contributed by atoms with van der Waals surface area (Å²) in [4.78, 5) is 15.0. The Labute approximate surface area is 169 Å². The standard InChI is InChI=1S/C23H38BrNO/c1-3-5-7-9-11-13-19-25(20-14-12-10-8-6-4-2)23(26)21-15-17-22(24)18-16-21/h15-18H,3-14,19-20H2,1-2H3. The number of hydrogen-bond acceptors (Lipinski definition) is 1. The Bertz CT molecular complexity index is 456. The van der Waals surface area contributed by atoms with Crippen LogP contribution in [0.25, 0.3) is 0 Å². The van der Waals surface area contributed by atoms with Gasteiger partial charge in [0, 0.05) is 23.1 Å². The van der Waals surface area contributed by atoms with Gasteiger partial charge in [0.05, 0.1) is 0 Å². The van der Waals surface area contributed by atoms with E-state index >= 15 is 0 Å². The number of rotatable bonds is 15. The highest BCUT2D eigenvalue weighted by Crippen LogP contribution is 2.15. The fraction of sp³-hybridized carbons (Fsp3) is 0.696. The van der Waals surface area contributed by atoms with Crippen molar-refractivity contribution in [1.29, 1.82) is 0 Å². The molecule has 148 valence electrons. The normalized spacial score (nSPS) is 10.9. The van der Waals surface area contributed by atoms with Gasteiger partial charge in [-0.25, -0.2) is 0 Å². The number of nitrogens with zero attached hydrogens (tertiary/aromatic N) is 1. The molecule has 0 radical (unpaired) electrons. The highest BCUT2D eigenvalue weighted by molar-refractivity contribution is 9.10. The molecule has 0 aromatic heterocycles. The molecule has 0 saturated heterocycles. The Balaban J connectivity index is 2.45. The fourth-order valence-corrected chi connectivity index (χ4v) is 3.52. The molecule has 1 aromatic carbocycles. The van der Waals surface area contributed by atoms with E-state index in [9.17, 15) is 4.79 Å². The van der Waals surface area contributed by atoms with Gasteiger partial charge in [-0.3, -0.25) is 4.79 Å². The zero-order valence-corrected chi connectivity index (χ0v) is 18.5. The van der Waals surface area contributed by atoms with Crippen LogP contribution >= 0.6 is 15.9 Å². The Morgan fingerprint density at radius 2 is 1.15 bits per heavy atom. The van der Waals surface area contributed by atoms with Crippen LogP contribution in [-0.4, -0.2) is 23.9 Å². The molecule has 0 atom stereocenters. The summed E-state index contributed by atoms with van der Waals surface area (Å²) in [7, 11) is 0. The van der Waals surface area contributed by atoms with Crippen molar-refractivity contribution in [2.24, 2.45) is 0 Å². The first-order chi connectivity index (χ1) is 12.7. The van der Waals surface area contributed by atoms with Crippen LogP contribution in [0.5, 0.6) is 0 Å². The maximum atomic E-state index is 12.9. The third kappa shape index (κ3) is 10.4. The van der Waals surface area contributed by atoms with Gasteiger partial charge >= 0.3 is 0 Å². The number of halogens is 1. The minimum absolute atomic E-state index is 0.194. The molecule has 0 aliphatic rings. The Morgan fingerprint density at radius 1 is 0.731 bits per heavy atom. The van der Waals surface area contributed by atoms with Crippen molar-refractivity contribution < 1.29 is 4.79 Å². The van der Waals surface area contributed by atoms with Gasteiger partial charge in [0.25, 0.3) is 5.91 Å². The van der Waals surface area contributed by atoms with Gasteiger partial charge < -0.3 is 4.90 Å². The molecule has 1 rings (SSSR count). The number of amides is 1. The van der Waals surface area contributed by atoms with Crippen molar-refractivity contribution in [3.8, 4) is 0 Å². The molecular formula is C23H38BrNO. The fourth-order valence-electron chi connectivity index (χ4n) is 3.26. The molecule has 0 bridgehead atoms. The summed E-state index contributed by atoms with van der Waals surface area (Å²) < 4.78 is 1.02. The van der Waals surface area contributed by atoms with Gasteiger partial charge in [0.15, 0.2) is 0 Å². The Hall–Kier alpha value is -0.830. The number of benzene rings is 1. The highest BCUT2D eigenvalue weighted by Gasteiger charge is 2.15. The lowest BCUT2D eigenvalue weighted by Crippen LogP contribution is -2.33. The molecule has 0 saturated carbocycles. The van der Waals surface area contributed by atoms with E-state index in [4.69, 9.17) is 0 Å². The highest BCUT2D eigenvalue weighted by atomic mass is 79.9. The van der Waals surface area contributed by atoms with Gasteiger partial charge in [-0.1, -0.05) is 94.0 Å². The number of unbranched alkanes of at least 4 members (excludes halogenated alkanes) is 10. The molecule has 0 unspecified atom stereocenters. The summed E-state index contributed by atoms with van der Waals surface area (Å²) in [6.07, 6.45) is 15.2. The van der Waals surface area contributed by atoms with E-state index in [0.717, 1.165) is 36.0 Å². The lowest BCUT2D eigenvalue weighted by atomic mass is 10.1. The Kier molecular flexibility index (Phi) is 13.6. The molecule has 0 spiro atoms. The van der Waals surface area contributed by atoms with Gasteiger partial charge in [-0.15, -0.1) is 0 Å². The third-order valence-corrected chi connectivity index (χ3v) is 5.47. The summed E-state index contributed by atoms with van der Waals surface area (Å²) in [5.74, 6) is 0.194. The molecule has 0 heterocycles. The SMILES string of the molecule is CCCCCCCCN(CCCCCCCC)C(=O)c1ccc(Br)cc1. The molecule has 0 aliphatic carbocycles. The molecule has 0 aliphatic heterocycles. The van der Waals surface area contributed by atoms with Crippen LogP contribution in [-0.2, 0) is 0 Å². The summed E-state index contributed by atoms with van der Waals surface area (Å²) >= 11 is 3.45. The summed E-state index contributed by atoms with van der Waals surface area (Å²) in [6.45, 7) is 6.30. The predicted molar refractivity (Wildman–Crippen MR) is 117 cm³/mol. The van der Waals surface area contributed by atoms with E-state index in [1.165, 1.54) is 64.2 Å². The molecule has 0 fully saturated rings. The van der Waals surface area contributed by atoms with Crippen LogP contribution in [0.1, 0.15) is 101 Å². The molecule has 0 N–H and O–H groups in total.